The van der Waals surface area contributed by atoms with Crippen LogP contribution in [-0.2, 0) is 14.3 Å². The van der Waals surface area contributed by atoms with Gasteiger partial charge in [-0.05, 0) is 38.1 Å². The zero-order chi connectivity index (χ0) is 19.7. The Kier molecular flexibility index (Phi) is 8.00. The van der Waals surface area contributed by atoms with Gasteiger partial charge in [-0.1, -0.05) is 11.6 Å². The molecular weight excluding hydrogens is 375 g/mol. The molecule has 1 aromatic rings. The molecule has 0 saturated carbocycles. The zero-order valence-electron chi connectivity index (χ0n) is 13.9. The highest BCUT2D eigenvalue weighted by Crippen LogP contribution is 2.32. The summed E-state index contributed by atoms with van der Waals surface area (Å²) in [5.74, 6) is -2.63. The topological polar surface area (TPSA) is 68.5 Å². The van der Waals surface area contributed by atoms with Gasteiger partial charge in [0, 0.05) is 5.02 Å². The van der Waals surface area contributed by atoms with E-state index in [-0.39, 0.29) is 29.5 Å². The lowest BCUT2D eigenvalue weighted by molar-refractivity contribution is -0.142. The lowest BCUT2D eigenvalue weighted by Crippen LogP contribution is -2.22. The lowest BCUT2D eigenvalue weighted by atomic mass is 10.2. The molecule has 1 aromatic carbocycles. The summed E-state index contributed by atoms with van der Waals surface area (Å²) in [7, 11) is 0. The standard InChI is InChI=1S/C17H15ClF3NO4/c1-3-24-6-5-14(17(19,20)21)15(16(23)25-4-2)26-13-8-11(10-22)7-12(18)9-13/h5-9H,3-4H2,1-2H3/b6-5+,15-14-. The van der Waals surface area contributed by atoms with E-state index in [2.05, 4.69) is 4.74 Å². The summed E-state index contributed by atoms with van der Waals surface area (Å²) >= 11 is 5.81. The van der Waals surface area contributed by atoms with Crippen molar-refractivity contribution in [3.8, 4) is 11.8 Å². The molecule has 0 aromatic heterocycles. The number of benzene rings is 1. The lowest BCUT2D eigenvalue weighted by Gasteiger charge is -2.15. The third-order valence-corrected chi connectivity index (χ3v) is 2.95. The molecule has 0 aliphatic carbocycles. The minimum atomic E-state index is -4.92. The maximum atomic E-state index is 13.4. The summed E-state index contributed by atoms with van der Waals surface area (Å²) in [6.45, 7) is 2.99. The number of carbonyl (C=O) groups is 1. The first kappa shape index (κ1) is 21.4. The average Bonchev–Trinajstić information content (AvgIpc) is 2.55. The van der Waals surface area contributed by atoms with Crippen LogP contribution in [0.25, 0.3) is 0 Å². The van der Waals surface area contributed by atoms with Gasteiger partial charge in [0.1, 0.15) is 11.3 Å². The number of carbonyl (C=O) groups excluding carboxylic acids is 1. The first-order chi connectivity index (χ1) is 12.2. The molecule has 0 aliphatic rings. The largest absolute Gasteiger partial charge is 0.501 e. The molecule has 1 rings (SSSR count). The zero-order valence-corrected chi connectivity index (χ0v) is 14.6. The highest BCUT2D eigenvalue weighted by atomic mass is 35.5. The van der Waals surface area contributed by atoms with Crippen LogP contribution in [0.1, 0.15) is 19.4 Å². The van der Waals surface area contributed by atoms with Crippen molar-refractivity contribution in [1.29, 1.82) is 5.26 Å². The van der Waals surface area contributed by atoms with Crippen molar-refractivity contribution in [3.63, 3.8) is 0 Å². The van der Waals surface area contributed by atoms with Crippen molar-refractivity contribution in [2.24, 2.45) is 0 Å². The fourth-order valence-electron chi connectivity index (χ4n) is 1.72. The Morgan fingerprint density at radius 3 is 2.50 bits per heavy atom. The van der Waals surface area contributed by atoms with E-state index in [1.807, 2.05) is 0 Å². The number of halogens is 4. The molecule has 0 bridgehead atoms. The minimum absolute atomic E-state index is 0.0501. The van der Waals surface area contributed by atoms with Crippen LogP contribution >= 0.6 is 11.6 Å². The molecule has 9 heteroatoms. The van der Waals surface area contributed by atoms with Gasteiger partial charge in [0.25, 0.3) is 0 Å². The van der Waals surface area contributed by atoms with Crippen LogP contribution in [0.4, 0.5) is 13.2 Å². The fourth-order valence-corrected chi connectivity index (χ4v) is 1.94. The Hall–Kier alpha value is -2.66. The summed E-state index contributed by atoms with van der Waals surface area (Å²) in [4.78, 5) is 12.0. The van der Waals surface area contributed by atoms with Crippen molar-refractivity contribution in [1.82, 2.24) is 0 Å². The third kappa shape index (κ3) is 6.33. The highest BCUT2D eigenvalue weighted by Gasteiger charge is 2.39. The molecule has 0 unspecified atom stereocenters. The van der Waals surface area contributed by atoms with Crippen molar-refractivity contribution >= 4 is 17.6 Å². The SMILES string of the molecule is CCO/C=C/C(=C(/Oc1cc(Cl)cc(C#N)c1)C(=O)OCC)C(F)(F)F. The Morgan fingerprint density at radius 1 is 1.27 bits per heavy atom. The predicted molar refractivity (Wildman–Crippen MR) is 87.3 cm³/mol. The number of esters is 1. The number of ether oxygens (including phenoxy) is 3. The van der Waals surface area contributed by atoms with Crippen LogP contribution in [0.3, 0.4) is 0 Å². The van der Waals surface area contributed by atoms with Gasteiger partial charge in [-0.2, -0.15) is 18.4 Å². The molecule has 0 N–H and O–H groups in total. The number of nitrogens with zero attached hydrogens (tertiary/aromatic N) is 1. The second kappa shape index (κ2) is 9.73. The van der Waals surface area contributed by atoms with E-state index in [9.17, 15) is 18.0 Å². The van der Waals surface area contributed by atoms with E-state index in [4.69, 9.17) is 26.3 Å². The number of hydrogen-bond donors (Lipinski definition) is 0. The molecule has 0 aliphatic heterocycles. The number of rotatable bonds is 7. The molecule has 0 amide bonds. The van der Waals surface area contributed by atoms with Crippen molar-refractivity contribution in [2.45, 2.75) is 20.0 Å². The molecule has 0 heterocycles. The molecule has 0 saturated heterocycles. The van der Waals surface area contributed by atoms with Gasteiger partial charge in [0.05, 0.1) is 31.1 Å². The van der Waals surface area contributed by atoms with Gasteiger partial charge >= 0.3 is 12.1 Å². The number of hydrogen-bond acceptors (Lipinski definition) is 5. The normalized spacial score (nSPS) is 12.3. The monoisotopic (exact) mass is 389 g/mol. The van der Waals surface area contributed by atoms with E-state index in [1.165, 1.54) is 19.1 Å². The van der Waals surface area contributed by atoms with Crippen LogP contribution in [0, 0.1) is 11.3 Å². The second-order valence-corrected chi connectivity index (χ2v) is 5.05. The maximum absolute atomic E-state index is 13.4. The van der Waals surface area contributed by atoms with Gasteiger partial charge in [0.2, 0.25) is 5.76 Å². The van der Waals surface area contributed by atoms with Crippen LogP contribution in [0.15, 0.2) is 41.9 Å². The molecule has 5 nitrogen and oxygen atoms in total. The Labute approximate surface area is 153 Å². The van der Waals surface area contributed by atoms with E-state index < -0.39 is 23.5 Å². The molecule has 140 valence electrons. The molecule has 0 radical (unpaired) electrons. The van der Waals surface area contributed by atoms with Crippen LogP contribution in [0.5, 0.6) is 5.75 Å². The molecular formula is C17H15ClF3NO4. The number of nitriles is 1. The van der Waals surface area contributed by atoms with Crippen molar-refractivity contribution < 1.29 is 32.2 Å². The quantitative estimate of drug-likeness (QED) is 0.297. The van der Waals surface area contributed by atoms with E-state index in [1.54, 1.807) is 13.0 Å². The second-order valence-electron chi connectivity index (χ2n) is 4.61. The highest BCUT2D eigenvalue weighted by molar-refractivity contribution is 6.30. The van der Waals surface area contributed by atoms with Gasteiger partial charge in [0.15, 0.2) is 0 Å². The summed E-state index contributed by atoms with van der Waals surface area (Å²) in [5.41, 5.74) is -1.35. The summed E-state index contributed by atoms with van der Waals surface area (Å²) in [5, 5.41) is 8.98. The molecule has 0 atom stereocenters. The first-order valence-corrected chi connectivity index (χ1v) is 7.76. The molecule has 0 spiro atoms. The van der Waals surface area contributed by atoms with Crippen LogP contribution in [0.2, 0.25) is 5.02 Å². The number of allylic oxidation sites excluding steroid dienone is 2. The summed E-state index contributed by atoms with van der Waals surface area (Å²) in [6, 6.07) is 5.39. The summed E-state index contributed by atoms with van der Waals surface area (Å²) in [6.07, 6.45) is -3.57. The number of alkyl halides is 3. The minimum Gasteiger partial charge on any atom is -0.501 e. The molecule has 0 fully saturated rings. The summed E-state index contributed by atoms with van der Waals surface area (Å²) < 4.78 is 54.7. The Balaban J connectivity index is 3.48. The average molecular weight is 390 g/mol. The van der Waals surface area contributed by atoms with Gasteiger partial charge in [-0.25, -0.2) is 4.79 Å². The van der Waals surface area contributed by atoms with Crippen molar-refractivity contribution in [2.75, 3.05) is 13.2 Å². The van der Waals surface area contributed by atoms with Gasteiger partial charge in [-0.15, -0.1) is 0 Å². The predicted octanol–water partition coefficient (Wildman–Crippen LogP) is 4.52. The van der Waals surface area contributed by atoms with E-state index in [0.29, 0.717) is 6.08 Å². The smallest absolute Gasteiger partial charge is 0.420 e. The van der Waals surface area contributed by atoms with E-state index >= 15 is 0 Å². The van der Waals surface area contributed by atoms with Crippen LogP contribution in [-0.4, -0.2) is 25.4 Å². The Morgan fingerprint density at radius 2 is 1.96 bits per heavy atom. The van der Waals surface area contributed by atoms with Gasteiger partial charge < -0.3 is 14.2 Å². The molecule has 26 heavy (non-hydrogen) atoms. The Bertz CT molecular complexity index is 751. The van der Waals surface area contributed by atoms with Gasteiger partial charge in [-0.3, -0.25) is 0 Å². The van der Waals surface area contributed by atoms with Crippen molar-refractivity contribution in [3.05, 3.63) is 52.5 Å². The third-order valence-electron chi connectivity index (χ3n) is 2.73. The fraction of sp³-hybridized carbons (Fsp3) is 0.294. The van der Waals surface area contributed by atoms with E-state index in [0.717, 1.165) is 12.3 Å². The maximum Gasteiger partial charge on any atom is 0.420 e. The van der Waals surface area contributed by atoms with Crippen LogP contribution < -0.4 is 4.74 Å². The first-order valence-electron chi connectivity index (χ1n) is 7.38.